The quantitative estimate of drug-likeness (QED) is 0.197. The van der Waals surface area contributed by atoms with Crippen LogP contribution in [-0.4, -0.2) is 15.0 Å². The molecule has 0 N–H and O–H groups in total. The molecule has 1 heterocycles. The van der Waals surface area contributed by atoms with Crippen LogP contribution in [0.4, 0.5) is 0 Å². The second-order valence-corrected chi connectivity index (χ2v) is 11.6. The summed E-state index contributed by atoms with van der Waals surface area (Å²) in [5.41, 5.74) is 10.7. The lowest BCUT2D eigenvalue weighted by molar-refractivity contribution is 1.08. The molecule has 1 aliphatic rings. The van der Waals surface area contributed by atoms with Crippen molar-refractivity contribution >= 4 is 21.5 Å². The summed E-state index contributed by atoms with van der Waals surface area (Å²) in [7, 11) is 0. The van der Waals surface area contributed by atoms with Gasteiger partial charge in [-0.3, -0.25) is 0 Å². The summed E-state index contributed by atoms with van der Waals surface area (Å²) >= 11 is 0. The molecule has 8 aromatic rings. The Morgan fingerprint density at radius 2 is 0.822 bits per heavy atom. The predicted molar refractivity (Wildman–Crippen MR) is 185 cm³/mol. The maximum atomic E-state index is 5.25. The molecular formula is C42H27N3. The Morgan fingerprint density at radius 1 is 0.333 bits per heavy atom. The van der Waals surface area contributed by atoms with Crippen LogP contribution in [0.1, 0.15) is 11.1 Å². The Bertz CT molecular complexity index is 2340. The lowest BCUT2D eigenvalue weighted by Crippen LogP contribution is -2.02. The monoisotopic (exact) mass is 573 g/mol. The Labute approximate surface area is 261 Å². The van der Waals surface area contributed by atoms with Gasteiger partial charge < -0.3 is 0 Å². The molecular weight excluding hydrogens is 546 g/mol. The zero-order valence-corrected chi connectivity index (χ0v) is 24.5. The van der Waals surface area contributed by atoms with Gasteiger partial charge in [-0.1, -0.05) is 146 Å². The average Bonchev–Trinajstić information content (AvgIpc) is 3.49. The van der Waals surface area contributed by atoms with Crippen LogP contribution in [0, 0.1) is 0 Å². The largest absolute Gasteiger partial charge is 0.208 e. The van der Waals surface area contributed by atoms with E-state index >= 15 is 0 Å². The van der Waals surface area contributed by atoms with E-state index in [9.17, 15) is 0 Å². The first-order valence-electron chi connectivity index (χ1n) is 15.3. The lowest BCUT2D eigenvalue weighted by atomic mass is 9.88. The van der Waals surface area contributed by atoms with Crippen LogP contribution in [-0.2, 0) is 6.42 Å². The van der Waals surface area contributed by atoms with Crippen molar-refractivity contribution in [2.24, 2.45) is 0 Å². The van der Waals surface area contributed by atoms with Gasteiger partial charge in [-0.25, -0.2) is 15.0 Å². The number of benzene rings is 7. The number of nitrogens with zero attached hydrogens (tertiary/aromatic N) is 3. The average molecular weight is 574 g/mol. The van der Waals surface area contributed by atoms with Crippen LogP contribution < -0.4 is 0 Å². The van der Waals surface area contributed by atoms with Crippen molar-refractivity contribution in [1.29, 1.82) is 0 Å². The first-order valence-corrected chi connectivity index (χ1v) is 15.3. The van der Waals surface area contributed by atoms with Crippen LogP contribution >= 0.6 is 0 Å². The fourth-order valence-corrected chi connectivity index (χ4v) is 6.90. The fourth-order valence-electron chi connectivity index (χ4n) is 6.90. The summed E-state index contributed by atoms with van der Waals surface area (Å²) in [5, 5.41) is 4.60. The molecule has 0 atom stereocenters. The van der Waals surface area contributed by atoms with Gasteiger partial charge in [-0.2, -0.15) is 0 Å². The van der Waals surface area contributed by atoms with Gasteiger partial charge in [-0.15, -0.1) is 0 Å². The highest BCUT2D eigenvalue weighted by molar-refractivity contribution is 6.20. The summed E-state index contributed by atoms with van der Waals surface area (Å²) in [5.74, 6) is 2.02. The SMILES string of the molecule is c1ccc(-c2nc(-c3ccc4c(c3)Cc3ccccc3-4)nc(-c3c4ccccc4c(-c4ccccc4)c4ccccc34)n2)cc1. The van der Waals surface area contributed by atoms with Crippen LogP contribution in [0.2, 0.25) is 0 Å². The van der Waals surface area contributed by atoms with Crippen LogP contribution in [0.5, 0.6) is 0 Å². The molecule has 1 aromatic heterocycles. The molecule has 7 aromatic carbocycles. The van der Waals surface area contributed by atoms with E-state index in [1.165, 1.54) is 44.2 Å². The molecule has 0 spiro atoms. The third kappa shape index (κ3) is 4.24. The molecule has 0 saturated carbocycles. The molecule has 1 aliphatic carbocycles. The van der Waals surface area contributed by atoms with Gasteiger partial charge in [0.1, 0.15) is 0 Å². The zero-order chi connectivity index (χ0) is 29.7. The normalized spacial score (nSPS) is 11.9. The van der Waals surface area contributed by atoms with E-state index in [1.54, 1.807) is 0 Å². The van der Waals surface area contributed by atoms with Gasteiger partial charge in [0.05, 0.1) is 0 Å². The highest BCUT2D eigenvalue weighted by atomic mass is 15.0. The predicted octanol–water partition coefficient (Wildman–Crippen LogP) is 10.4. The summed E-state index contributed by atoms with van der Waals surface area (Å²) in [6, 6.07) is 53.4. The molecule has 0 saturated heterocycles. The molecule has 9 rings (SSSR count). The van der Waals surface area contributed by atoms with E-state index in [4.69, 9.17) is 15.0 Å². The maximum Gasteiger partial charge on any atom is 0.165 e. The Morgan fingerprint density at radius 3 is 1.49 bits per heavy atom. The molecule has 0 amide bonds. The molecule has 45 heavy (non-hydrogen) atoms. The van der Waals surface area contributed by atoms with Gasteiger partial charge in [0.25, 0.3) is 0 Å². The van der Waals surface area contributed by atoms with Crippen LogP contribution in [0.3, 0.4) is 0 Å². The lowest BCUT2D eigenvalue weighted by Gasteiger charge is -2.17. The fraction of sp³-hybridized carbons (Fsp3) is 0.0238. The van der Waals surface area contributed by atoms with Crippen molar-refractivity contribution < 1.29 is 0 Å². The minimum absolute atomic E-state index is 0.666. The first-order chi connectivity index (χ1) is 22.3. The number of fused-ring (bicyclic) bond motifs is 5. The third-order valence-electron chi connectivity index (χ3n) is 8.94. The standard InChI is InChI=1S/C42H27N3/c1-3-13-27(14-4-1)38-34-19-9-11-21-36(34)39(37-22-12-10-20-35(37)38)42-44-40(28-15-5-2-6-16-28)43-41(45-42)30-23-24-33-31(26-30)25-29-17-7-8-18-32(29)33/h1-24,26H,25H2. The minimum Gasteiger partial charge on any atom is -0.208 e. The van der Waals surface area contributed by atoms with E-state index < -0.39 is 0 Å². The second-order valence-electron chi connectivity index (χ2n) is 11.6. The van der Waals surface area contributed by atoms with Gasteiger partial charge >= 0.3 is 0 Å². The number of aromatic nitrogens is 3. The van der Waals surface area contributed by atoms with E-state index in [0.29, 0.717) is 17.5 Å². The van der Waals surface area contributed by atoms with Gasteiger partial charge in [-0.05, 0) is 67.4 Å². The maximum absolute atomic E-state index is 5.25. The van der Waals surface area contributed by atoms with Crippen molar-refractivity contribution in [1.82, 2.24) is 15.0 Å². The number of rotatable bonds is 4. The molecule has 0 bridgehead atoms. The highest BCUT2D eigenvalue weighted by Crippen LogP contribution is 2.43. The Kier molecular flexibility index (Phi) is 5.88. The summed E-state index contributed by atoms with van der Waals surface area (Å²) in [6.45, 7) is 0. The van der Waals surface area contributed by atoms with Crippen molar-refractivity contribution in [3.8, 4) is 56.4 Å². The minimum atomic E-state index is 0.666. The Hall–Kier alpha value is -5.93. The molecule has 0 aliphatic heterocycles. The third-order valence-corrected chi connectivity index (χ3v) is 8.94. The van der Waals surface area contributed by atoms with E-state index in [1.807, 2.05) is 18.2 Å². The van der Waals surface area contributed by atoms with E-state index in [-0.39, 0.29) is 0 Å². The van der Waals surface area contributed by atoms with Gasteiger partial charge in [0.15, 0.2) is 17.5 Å². The van der Waals surface area contributed by atoms with Gasteiger partial charge in [0, 0.05) is 16.7 Å². The number of hydrogen-bond donors (Lipinski definition) is 0. The molecule has 3 nitrogen and oxygen atoms in total. The molecule has 0 fully saturated rings. The summed E-state index contributed by atoms with van der Waals surface area (Å²) < 4.78 is 0. The van der Waals surface area contributed by atoms with Crippen molar-refractivity contribution in [2.75, 3.05) is 0 Å². The van der Waals surface area contributed by atoms with Crippen molar-refractivity contribution in [3.05, 3.63) is 163 Å². The molecule has 0 radical (unpaired) electrons. The summed E-state index contributed by atoms with van der Waals surface area (Å²) in [4.78, 5) is 15.5. The van der Waals surface area contributed by atoms with Gasteiger partial charge in [0.2, 0.25) is 0 Å². The van der Waals surface area contributed by atoms with E-state index in [0.717, 1.165) is 33.9 Å². The first kappa shape index (κ1) is 25.6. The molecule has 210 valence electrons. The van der Waals surface area contributed by atoms with Crippen molar-refractivity contribution in [2.45, 2.75) is 6.42 Å². The van der Waals surface area contributed by atoms with E-state index in [2.05, 4.69) is 133 Å². The number of hydrogen-bond acceptors (Lipinski definition) is 3. The van der Waals surface area contributed by atoms with Crippen LogP contribution in [0.25, 0.3) is 78.0 Å². The van der Waals surface area contributed by atoms with Crippen molar-refractivity contribution in [3.63, 3.8) is 0 Å². The zero-order valence-electron chi connectivity index (χ0n) is 24.5. The van der Waals surface area contributed by atoms with Crippen LogP contribution in [0.15, 0.2) is 152 Å². The molecule has 3 heteroatoms. The second kappa shape index (κ2) is 10.4. The Balaban J connectivity index is 1.32. The smallest absolute Gasteiger partial charge is 0.165 e. The topological polar surface area (TPSA) is 38.7 Å². The molecule has 0 unspecified atom stereocenters. The summed E-state index contributed by atoms with van der Waals surface area (Å²) in [6.07, 6.45) is 0.916. The highest BCUT2D eigenvalue weighted by Gasteiger charge is 2.22.